The van der Waals surface area contributed by atoms with Crippen LogP contribution in [-0.4, -0.2) is 28.3 Å². The number of hydrogen-bond acceptors (Lipinski definition) is 6. The highest BCUT2D eigenvalue weighted by atomic mass is 16.5. The van der Waals surface area contributed by atoms with Gasteiger partial charge in [-0.3, -0.25) is 0 Å². The van der Waals surface area contributed by atoms with Gasteiger partial charge < -0.3 is 15.3 Å². The van der Waals surface area contributed by atoms with Crippen LogP contribution < -0.4 is 16.0 Å². The molecule has 72 valence electrons. The summed E-state index contributed by atoms with van der Waals surface area (Å²) in [4.78, 5) is 7.95. The van der Waals surface area contributed by atoms with Gasteiger partial charge >= 0.3 is 0 Å². The minimum Gasteiger partial charge on any atom is -0.475 e. The number of nitrogens with zero attached hydrogens (tertiary/aromatic N) is 2. The molecule has 0 aliphatic carbocycles. The van der Waals surface area contributed by atoms with Crippen molar-refractivity contribution in [3.63, 3.8) is 0 Å². The number of nitrogens with one attached hydrogen (secondary N) is 1. The third-order valence-electron chi connectivity index (χ3n) is 1.30. The van der Waals surface area contributed by atoms with Gasteiger partial charge in [-0.05, 0) is 6.92 Å². The molecule has 13 heavy (non-hydrogen) atoms. The summed E-state index contributed by atoms with van der Waals surface area (Å²) < 4.78 is 5.08. The molecule has 1 aromatic rings. The van der Waals surface area contributed by atoms with Crippen molar-refractivity contribution in [1.29, 1.82) is 0 Å². The van der Waals surface area contributed by atoms with Crippen LogP contribution in [0.4, 0.5) is 5.82 Å². The first kappa shape index (κ1) is 9.69. The van der Waals surface area contributed by atoms with Gasteiger partial charge in [0.2, 0.25) is 5.88 Å². The van der Waals surface area contributed by atoms with Crippen LogP contribution in [0.15, 0.2) is 6.07 Å². The first-order chi connectivity index (χ1) is 6.26. The van der Waals surface area contributed by atoms with Crippen LogP contribution in [0.1, 0.15) is 5.82 Å². The van der Waals surface area contributed by atoms with Gasteiger partial charge in [-0.25, -0.2) is 10.8 Å². The number of nitrogen functional groups attached to an aromatic ring is 1. The number of aryl methyl sites for hydroxylation is 1. The van der Waals surface area contributed by atoms with Crippen LogP contribution >= 0.6 is 0 Å². The molecule has 0 saturated heterocycles. The van der Waals surface area contributed by atoms with Crippen LogP contribution in [0.5, 0.6) is 5.88 Å². The Labute approximate surface area is 75.7 Å². The quantitative estimate of drug-likeness (QED) is 0.429. The maximum absolute atomic E-state index is 8.51. The molecule has 0 radical (unpaired) electrons. The summed E-state index contributed by atoms with van der Waals surface area (Å²) in [6.45, 7) is 1.89. The van der Waals surface area contributed by atoms with E-state index in [1.54, 1.807) is 13.0 Å². The third kappa shape index (κ3) is 2.85. The topological polar surface area (TPSA) is 93.3 Å². The number of anilines is 1. The summed E-state index contributed by atoms with van der Waals surface area (Å²) in [6.07, 6.45) is 0. The number of aliphatic hydroxyl groups excluding tert-OH is 1. The standard InChI is InChI=1S/C7H12N4O2/c1-5-9-6(11-8)4-7(10-5)13-3-2-12/h4,12H,2-3,8H2,1H3,(H,9,10,11). The van der Waals surface area contributed by atoms with E-state index in [0.29, 0.717) is 17.5 Å². The van der Waals surface area contributed by atoms with Gasteiger partial charge in [-0.1, -0.05) is 0 Å². The number of aromatic nitrogens is 2. The third-order valence-corrected chi connectivity index (χ3v) is 1.30. The van der Waals surface area contributed by atoms with Gasteiger partial charge in [-0.15, -0.1) is 0 Å². The molecular weight excluding hydrogens is 172 g/mol. The highest BCUT2D eigenvalue weighted by Crippen LogP contribution is 2.11. The molecule has 6 nitrogen and oxygen atoms in total. The fraction of sp³-hybridized carbons (Fsp3) is 0.429. The van der Waals surface area contributed by atoms with Crippen LogP contribution in [0.25, 0.3) is 0 Å². The monoisotopic (exact) mass is 184 g/mol. The predicted octanol–water partition coefficient (Wildman–Crippen LogP) is -0.558. The fourth-order valence-electron chi connectivity index (χ4n) is 0.838. The second-order valence-corrected chi connectivity index (χ2v) is 2.36. The SMILES string of the molecule is Cc1nc(NN)cc(OCCO)n1. The molecule has 1 heterocycles. The van der Waals surface area contributed by atoms with Gasteiger partial charge in [0, 0.05) is 6.07 Å². The molecule has 1 aromatic heterocycles. The van der Waals surface area contributed by atoms with Crippen molar-refractivity contribution in [2.24, 2.45) is 5.84 Å². The van der Waals surface area contributed by atoms with E-state index < -0.39 is 0 Å². The van der Waals surface area contributed by atoms with E-state index in [9.17, 15) is 0 Å². The number of hydrazine groups is 1. The molecule has 0 spiro atoms. The van der Waals surface area contributed by atoms with E-state index in [-0.39, 0.29) is 13.2 Å². The highest BCUT2D eigenvalue weighted by molar-refractivity contribution is 5.36. The van der Waals surface area contributed by atoms with E-state index in [2.05, 4.69) is 15.4 Å². The van der Waals surface area contributed by atoms with E-state index in [0.717, 1.165) is 0 Å². The maximum atomic E-state index is 8.51. The Hall–Kier alpha value is -1.40. The van der Waals surface area contributed by atoms with E-state index in [4.69, 9.17) is 15.7 Å². The second-order valence-electron chi connectivity index (χ2n) is 2.36. The maximum Gasteiger partial charge on any atom is 0.218 e. The van der Waals surface area contributed by atoms with Gasteiger partial charge in [0.25, 0.3) is 0 Å². The molecular formula is C7H12N4O2. The summed E-state index contributed by atoms with van der Waals surface area (Å²) >= 11 is 0. The van der Waals surface area contributed by atoms with Crippen molar-refractivity contribution in [3.05, 3.63) is 11.9 Å². The van der Waals surface area contributed by atoms with Crippen LogP contribution in [0, 0.1) is 6.92 Å². The lowest BCUT2D eigenvalue weighted by Crippen LogP contribution is -2.11. The molecule has 0 saturated carbocycles. The Kier molecular flexibility index (Phi) is 3.41. The summed E-state index contributed by atoms with van der Waals surface area (Å²) in [7, 11) is 0. The summed E-state index contributed by atoms with van der Waals surface area (Å²) in [5.74, 6) is 6.61. The Morgan fingerprint density at radius 3 is 3.00 bits per heavy atom. The summed E-state index contributed by atoms with van der Waals surface area (Å²) in [5, 5.41) is 8.51. The lowest BCUT2D eigenvalue weighted by Gasteiger charge is -2.05. The molecule has 0 aliphatic heterocycles. The zero-order chi connectivity index (χ0) is 9.68. The first-order valence-electron chi connectivity index (χ1n) is 3.82. The zero-order valence-electron chi connectivity index (χ0n) is 7.32. The van der Waals surface area contributed by atoms with E-state index in [1.165, 1.54) is 0 Å². The van der Waals surface area contributed by atoms with Crippen molar-refractivity contribution < 1.29 is 9.84 Å². The van der Waals surface area contributed by atoms with E-state index >= 15 is 0 Å². The largest absolute Gasteiger partial charge is 0.475 e. The minimum absolute atomic E-state index is 0.0472. The first-order valence-corrected chi connectivity index (χ1v) is 3.82. The number of nitrogens with two attached hydrogens (primary N) is 1. The molecule has 0 aromatic carbocycles. The van der Waals surface area contributed by atoms with Crippen molar-refractivity contribution in [2.45, 2.75) is 6.92 Å². The Bertz CT molecular complexity index is 279. The molecule has 0 amide bonds. The molecule has 0 atom stereocenters. The lowest BCUT2D eigenvalue weighted by molar-refractivity contribution is 0.196. The van der Waals surface area contributed by atoms with Crippen molar-refractivity contribution >= 4 is 5.82 Å². The van der Waals surface area contributed by atoms with Crippen LogP contribution in [0.3, 0.4) is 0 Å². The number of aliphatic hydroxyl groups is 1. The normalized spacial score (nSPS) is 9.77. The lowest BCUT2D eigenvalue weighted by atomic mass is 10.5. The molecule has 6 heteroatoms. The van der Waals surface area contributed by atoms with Crippen molar-refractivity contribution in [1.82, 2.24) is 9.97 Å². The Morgan fingerprint density at radius 1 is 1.62 bits per heavy atom. The molecule has 0 unspecified atom stereocenters. The second kappa shape index (κ2) is 4.58. The predicted molar refractivity (Wildman–Crippen MR) is 47.2 cm³/mol. The van der Waals surface area contributed by atoms with Gasteiger partial charge in [0.05, 0.1) is 6.61 Å². The zero-order valence-corrected chi connectivity index (χ0v) is 7.32. The number of hydrogen-bond donors (Lipinski definition) is 3. The number of ether oxygens (including phenoxy) is 1. The van der Waals surface area contributed by atoms with Gasteiger partial charge in [-0.2, -0.15) is 4.98 Å². The molecule has 0 fully saturated rings. The Morgan fingerprint density at radius 2 is 2.38 bits per heavy atom. The van der Waals surface area contributed by atoms with Crippen molar-refractivity contribution in [3.8, 4) is 5.88 Å². The summed E-state index contributed by atoms with van der Waals surface area (Å²) in [5.41, 5.74) is 2.39. The number of rotatable bonds is 4. The fourth-order valence-corrected chi connectivity index (χ4v) is 0.838. The minimum atomic E-state index is -0.0472. The molecule has 0 aliphatic rings. The summed E-state index contributed by atoms with van der Waals surface area (Å²) in [6, 6.07) is 1.56. The van der Waals surface area contributed by atoms with Crippen molar-refractivity contribution in [2.75, 3.05) is 18.6 Å². The van der Waals surface area contributed by atoms with Gasteiger partial charge in [0.1, 0.15) is 18.2 Å². The molecule has 0 bridgehead atoms. The molecule has 1 rings (SSSR count). The average molecular weight is 184 g/mol. The van der Waals surface area contributed by atoms with Crippen LogP contribution in [-0.2, 0) is 0 Å². The van der Waals surface area contributed by atoms with E-state index in [1.807, 2.05) is 0 Å². The highest BCUT2D eigenvalue weighted by Gasteiger charge is 2.00. The molecule has 4 N–H and O–H groups in total. The van der Waals surface area contributed by atoms with Gasteiger partial charge in [0.15, 0.2) is 0 Å². The average Bonchev–Trinajstić information content (AvgIpc) is 2.14. The smallest absolute Gasteiger partial charge is 0.218 e. The van der Waals surface area contributed by atoms with Crippen LogP contribution in [0.2, 0.25) is 0 Å². The Balaban J connectivity index is 2.76.